The highest BCUT2D eigenvalue weighted by Gasteiger charge is 2.27. The fraction of sp³-hybridized carbons (Fsp3) is 0.227. The molecule has 4 rings (SSSR count). The maximum absolute atomic E-state index is 13.5. The zero-order valence-electron chi connectivity index (χ0n) is 16.4. The third-order valence-electron chi connectivity index (χ3n) is 5.04. The van der Waals surface area contributed by atoms with Crippen LogP contribution in [-0.2, 0) is 4.79 Å². The van der Waals surface area contributed by atoms with Gasteiger partial charge in [-0.2, -0.15) is 0 Å². The van der Waals surface area contributed by atoms with Crippen molar-refractivity contribution in [3.05, 3.63) is 64.6 Å². The third-order valence-corrected chi connectivity index (χ3v) is 5.95. The van der Waals surface area contributed by atoms with Crippen LogP contribution in [0.3, 0.4) is 0 Å². The molecule has 0 bridgehead atoms. The largest absolute Gasteiger partial charge is 0.469 e. The fourth-order valence-electron chi connectivity index (χ4n) is 3.50. The molecule has 1 aliphatic heterocycles. The number of carbonyl (C=O) groups excluding carboxylic acids is 1. The van der Waals surface area contributed by atoms with Crippen molar-refractivity contribution in [3.8, 4) is 5.75 Å². The second-order valence-corrected chi connectivity index (χ2v) is 8.34. The Balaban J connectivity index is 1.68. The van der Waals surface area contributed by atoms with Crippen molar-refractivity contribution < 1.29 is 13.9 Å². The summed E-state index contributed by atoms with van der Waals surface area (Å²) in [6, 6.07) is 8.00. The number of piperidine rings is 1. The molecule has 9 heteroatoms. The predicted molar refractivity (Wildman–Crippen MR) is 122 cm³/mol. The van der Waals surface area contributed by atoms with Gasteiger partial charge in [0.1, 0.15) is 23.7 Å². The number of benzene rings is 2. The molecule has 1 aliphatic rings. The summed E-state index contributed by atoms with van der Waals surface area (Å²) in [5.74, 6) is 0.440. The first kappa shape index (κ1) is 21.5. The van der Waals surface area contributed by atoms with Crippen LogP contribution in [0.25, 0.3) is 10.9 Å². The highest BCUT2D eigenvalue weighted by molar-refractivity contribution is 9.10. The molecule has 6 nitrogen and oxygen atoms in total. The Morgan fingerprint density at radius 2 is 2.16 bits per heavy atom. The van der Waals surface area contributed by atoms with Crippen molar-refractivity contribution in [1.82, 2.24) is 14.9 Å². The van der Waals surface area contributed by atoms with Crippen LogP contribution in [0.5, 0.6) is 5.75 Å². The minimum Gasteiger partial charge on any atom is -0.469 e. The molecule has 0 saturated carbocycles. The molecule has 1 unspecified atom stereocenters. The number of carbonyl (C=O) groups is 1. The molecule has 2 aromatic carbocycles. The number of anilines is 2. The van der Waals surface area contributed by atoms with Gasteiger partial charge in [0, 0.05) is 24.0 Å². The van der Waals surface area contributed by atoms with Crippen molar-refractivity contribution in [1.29, 1.82) is 0 Å². The number of nitrogens with zero attached hydrogens (tertiary/aromatic N) is 3. The van der Waals surface area contributed by atoms with Gasteiger partial charge in [-0.3, -0.25) is 4.79 Å². The van der Waals surface area contributed by atoms with Gasteiger partial charge in [-0.25, -0.2) is 14.4 Å². The molecule has 1 fully saturated rings. The number of aromatic nitrogens is 2. The van der Waals surface area contributed by atoms with Crippen molar-refractivity contribution in [2.75, 3.05) is 11.9 Å². The summed E-state index contributed by atoms with van der Waals surface area (Å²) in [5, 5.41) is 3.87. The number of hydrogen-bond acceptors (Lipinski definition) is 5. The summed E-state index contributed by atoms with van der Waals surface area (Å²) < 4.78 is 20.4. The summed E-state index contributed by atoms with van der Waals surface area (Å²) in [6.45, 7) is 4.21. The SMILES string of the molecule is C=CC(=O)N1CCCCC1Oc1cc2c(Nc3ccc(F)c(Cl)c3)ncnc2cc1Br. The summed E-state index contributed by atoms with van der Waals surface area (Å²) in [7, 11) is 0. The minimum atomic E-state index is -0.495. The summed E-state index contributed by atoms with van der Waals surface area (Å²) in [6.07, 6.45) is 4.99. The van der Waals surface area contributed by atoms with E-state index >= 15 is 0 Å². The number of likely N-dealkylation sites (tertiary alicyclic amines) is 1. The molecule has 1 N–H and O–H groups in total. The number of halogens is 3. The van der Waals surface area contributed by atoms with E-state index in [1.165, 1.54) is 24.5 Å². The van der Waals surface area contributed by atoms with Crippen molar-refractivity contribution in [2.45, 2.75) is 25.5 Å². The van der Waals surface area contributed by atoms with Gasteiger partial charge < -0.3 is 15.0 Å². The maximum Gasteiger partial charge on any atom is 0.248 e. The summed E-state index contributed by atoms with van der Waals surface area (Å²) in [4.78, 5) is 22.6. The lowest BCUT2D eigenvalue weighted by Gasteiger charge is -2.35. The average molecular weight is 506 g/mol. The molecule has 0 aliphatic carbocycles. The van der Waals surface area contributed by atoms with Gasteiger partial charge in [0.2, 0.25) is 5.91 Å². The van der Waals surface area contributed by atoms with Crippen LogP contribution in [0.4, 0.5) is 15.9 Å². The van der Waals surface area contributed by atoms with Gasteiger partial charge >= 0.3 is 0 Å². The lowest BCUT2D eigenvalue weighted by molar-refractivity contribution is -0.136. The van der Waals surface area contributed by atoms with E-state index in [1.807, 2.05) is 12.1 Å². The van der Waals surface area contributed by atoms with Crippen molar-refractivity contribution in [3.63, 3.8) is 0 Å². The zero-order valence-corrected chi connectivity index (χ0v) is 18.8. The Hall–Kier alpha value is -2.71. The van der Waals surface area contributed by atoms with Crippen LogP contribution < -0.4 is 10.1 Å². The second-order valence-electron chi connectivity index (χ2n) is 7.08. The first-order chi connectivity index (χ1) is 15.0. The Bertz CT molecular complexity index is 1160. The third kappa shape index (κ3) is 4.65. The molecule has 160 valence electrons. The van der Waals surface area contributed by atoms with E-state index in [-0.39, 0.29) is 17.2 Å². The van der Waals surface area contributed by atoms with Crippen LogP contribution in [0.15, 0.2) is 53.8 Å². The molecule has 3 aromatic rings. The van der Waals surface area contributed by atoms with E-state index in [9.17, 15) is 9.18 Å². The quantitative estimate of drug-likeness (QED) is 0.442. The molecule has 0 spiro atoms. The summed E-state index contributed by atoms with van der Waals surface area (Å²) in [5.41, 5.74) is 1.28. The molecule has 31 heavy (non-hydrogen) atoms. The standard InChI is InChI=1S/C22H19BrClFN4O2/c1-2-20(30)29-8-4-3-5-21(29)31-19-10-14-18(11-15(19)23)26-12-27-22(14)28-13-6-7-17(25)16(24)9-13/h2,6-7,9-12,21H,1,3-5,8H2,(H,26,27,28). The zero-order chi connectivity index (χ0) is 22.0. The highest BCUT2D eigenvalue weighted by atomic mass is 79.9. The lowest BCUT2D eigenvalue weighted by Crippen LogP contribution is -2.46. The van der Waals surface area contributed by atoms with Gasteiger partial charge in [0.15, 0.2) is 6.23 Å². The predicted octanol–water partition coefficient (Wildman–Crippen LogP) is 5.83. The number of fused-ring (bicyclic) bond motifs is 1. The molecule has 0 radical (unpaired) electrons. The molecular formula is C22H19BrClFN4O2. The van der Waals surface area contributed by atoms with Crippen LogP contribution in [0.2, 0.25) is 5.02 Å². The first-order valence-electron chi connectivity index (χ1n) is 9.72. The topological polar surface area (TPSA) is 67.3 Å². The molecule has 2 heterocycles. The Labute approximate surface area is 192 Å². The summed E-state index contributed by atoms with van der Waals surface area (Å²) >= 11 is 9.43. The number of ether oxygens (including phenoxy) is 1. The normalized spacial score (nSPS) is 16.2. The maximum atomic E-state index is 13.5. The van der Waals surface area contributed by atoms with E-state index in [1.54, 1.807) is 11.0 Å². The van der Waals surface area contributed by atoms with E-state index in [2.05, 4.69) is 37.8 Å². The van der Waals surface area contributed by atoms with E-state index in [4.69, 9.17) is 16.3 Å². The van der Waals surface area contributed by atoms with Crippen LogP contribution >= 0.6 is 27.5 Å². The second kappa shape index (κ2) is 9.20. The van der Waals surface area contributed by atoms with E-state index < -0.39 is 5.82 Å². The Morgan fingerprint density at radius 3 is 2.94 bits per heavy atom. The van der Waals surface area contributed by atoms with Gasteiger partial charge in [0.25, 0.3) is 0 Å². The number of hydrogen-bond donors (Lipinski definition) is 1. The smallest absolute Gasteiger partial charge is 0.248 e. The fourth-order valence-corrected chi connectivity index (χ4v) is 4.10. The van der Waals surface area contributed by atoms with E-state index in [0.29, 0.717) is 39.2 Å². The Kier molecular flexibility index (Phi) is 6.38. The molecule has 1 aromatic heterocycles. The van der Waals surface area contributed by atoms with Gasteiger partial charge in [-0.15, -0.1) is 0 Å². The number of rotatable bonds is 5. The molecule has 1 saturated heterocycles. The minimum absolute atomic E-state index is 0.0133. The first-order valence-corrected chi connectivity index (χ1v) is 10.9. The van der Waals surface area contributed by atoms with Gasteiger partial charge in [-0.1, -0.05) is 18.2 Å². The number of nitrogens with one attached hydrogen (secondary N) is 1. The van der Waals surface area contributed by atoms with Crippen molar-refractivity contribution in [2.24, 2.45) is 0 Å². The van der Waals surface area contributed by atoms with Crippen LogP contribution in [-0.4, -0.2) is 33.5 Å². The van der Waals surface area contributed by atoms with Crippen LogP contribution in [0, 0.1) is 5.82 Å². The molecule has 1 atom stereocenters. The highest BCUT2D eigenvalue weighted by Crippen LogP contribution is 2.35. The van der Waals surface area contributed by atoms with Crippen LogP contribution in [0.1, 0.15) is 19.3 Å². The van der Waals surface area contributed by atoms with Crippen molar-refractivity contribution >= 4 is 55.8 Å². The monoisotopic (exact) mass is 504 g/mol. The number of amides is 1. The molecular weight excluding hydrogens is 487 g/mol. The van der Waals surface area contributed by atoms with E-state index in [0.717, 1.165) is 19.3 Å². The lowest BCUT2D eigenvalue weighted by atomic mass is 10.1. The van der Waals surface area contributed by atoms with Gasteiger partial charge in [-0.05, 0) is 65.2 Å². The average Bonchev–Trinajstić information content (AvgIpc) is 2.77. The Morgan fingerprint density at radius 1 is 1.32 bits per heavy atom. The van der Waals surface area contributed by atoms with Gasteiger partial charge in [0.05, 0.1) is 15.0 Å². The molecule has 1 amide bonds.